The number of carbonyl (C=O) groups excluding carboxylic acids is 1. The van der Waals surface area contributed by atoms with Crippen molar-refractivity contribution in [3.05, 3.63) is 52.8 Å². The Kier molecular flexibility index (Phi) is 5.08. The lowest BCUT2D eigenvalue weighted by molar-refractivity contribution is -0.146. The number of aliphatic carboxylic acids is 1. The van der Waals surface area contributed by atoms with Gasteiger partial charge in [-0.25, -0.2) is 9.59 Å². The summed E-state index contributed by atoms with van der Waals surface area (Å²) in [5, 5.41) is 16.5. The molecule has 1 atom stereocenters. The maximum absolute atomic E-state index is 12.2. The normalized spacial score (nSPS) is 16.0. The van der Waals surface area contributed by atoms with Gasteiger partial charge in [-0.15, -0.1) is 0 Å². The Hall–Kier alpha value is -2.35. The molecular formula is C17H18BrN3O4. The molecule has 25 heavy (non-hydrogen) atoms. The van der Waals surface area contributed by atoms with Gasteiger partial charge in [-0.3, -0.25) is 4.68 Å². The Morgan fingerprint density at radius 1 is 1.36 bits per heavy atom. The standard InChI is InChI=1S/C17H18BrN3O4/c18-14-8-19-21(9-14)11-17(15(22)23,13-6-7-13)20-16(24)25-10-12-4-2-1-3-5-12/h1-5,8-9,13H,6-7,10-11H2,(H,20,24)(H,22,23). The van der Waals surface area contributed by atoms with E-state index in [2.05, 4.69) is 26.3 Å². The number of amides is 1. The van der Waals surface area contributed by atoms with Gasteiger partial charge in [0.05, 0.1) is 17.2 Å². The number of carboxylic acids is 1. The number of alkyl carbamates (subject to hydrolysis) is 1. The van der Waals surface area contributed by atoms with Crippen LogP contribution >= 0.6 is 15.9 Å². The van der Waals surface area contributed by atoms with Gasteiger partial charge in [0.1, 0.15) is 6.61 Å². The molecule has 1 heterocycles. The zero-order valence-corrected chi connectivity index (χ0v) is 15.0. The number of ether oxygens (including phenoxy) is 1. The minimum Gasteiger partial charge on any atom is -0.479 e. The van der Waals surface area contributed by atoms with Crippen molar-refractivity contribution in [2.75, 3.05) is 0 Å². The van der Waals surface area contributed by atoms with Crippen molar-refractivity contribution in [1.29, 1.82) is 0 Å². The van der Waals surface area contributed by atoms with Crippen molar-refractivity contribution in [3.8, 4) is 0 Å². The summed E-state index contributed by atoms with van der Waals surface area (Å²) in [5.74, 6) is -1.23. The Labute approximate surface area is 153 Å². The van der Waals surface area contributed by atoms with E-state index < -0.39 is 17.6 Å². The highest BCUT2D eigenvalue weighted by Gasteiger charge is 2.53. The molecule has 1 aromatic heterocycles. The first-order valence-electron chi connectivity index (χ1n) is 7.90. The van der Waals surface area contributed by atoms with E-state index >= 15 is 0 Å². The number of hydrogen-bond acceptors (Lipinski definition) is 4. The average molecular weight is 408 g/mol. The highest BCUT2D eigenvalue weighted by molar-refractivity contribution is 9.10. The molecule has 0 spiro atoms. The van der Waals surface area contributed by atoms with E-state index in [0.29, 0.717) is 0 Å². The number of rotatable bonds is 7. The third-order valence-corrected chi connectivity index (χ3v) is 4.62. The van der Waals surface area contributed by atoms with Gasteiger partial charge in [0.2, 0.25) is 0 Å². The average Bonchev–Trinajstić information content (AvgIpc) is 3.37. The molecule has 0 aliphatic heterocycles. The van der Waals surface area contributed by atoms with Gasteiger partial charge < -0.3 is 15.2 Å². The zero-order chi connectivity index (χ0) is 17.9. The molecule has 3 rings (SSSR count). The number of benzene rings is 1. The topological polar surface area (TPSA) is 93.5 Å². The number of hydrogen-bond donors (Lipinski definition) is 2. The molecule has 1 amide bonds. The van der Waals surface area contributed by atoms with Crippen LogP contribution in [0.3, 0.4) is 0 Å². The smallest absolute Gasteiger partial charge is 0.408 e. The lowest BCUT2D eigenvalue weighted by Gasteiger charge is -2.30. The number of nitrogens with one attached hydrogen (secondary N) is 1. The molecule has 1 aromatic carbocycles. The third kappa shape index (κ3) is 4.19. The molecule has 7 nitrogen and oxygen atoms in total. The summed E-state index contributed by atoms with van der Waals surface area (Å²) in [7, 11) is 0. The van der Waals surface area contributed by atoms with Crippen LogP contribution in [-0.4, -0.2) is 32.5 Å². The van der Waals surface area contributed by atoms with Crippen LogP contribution in [0.2, 0.25) is 0 Å². The summed E-state index contributed by atoms with van der Waals surface area (Å²) in [5.41, 5.74) is -0.597. The summed E-state index contributed by atoms with van der Waals surface area (Å²) in [6.45, 7) is 0.124. The van der Waals surface area contributed by atoms with Crippen molar-refractivity contribution in [3.63, 3.8) is 0 Å². The van der Waals surface area contributed by atoms with E-state index in [9.17, 15) is 14.7 Å². The van der Waals surface area contributed by atoms with Crippen LogP contribution in [0.4, 0.5) is 4.79 Å². The SMILES string of the molecule is O=C(NC(Cn1cc(Br)cn1)(C(=O)O)C1CC1)OCc1ccccc1. The van der Waals surface area contributed by atoms with Crippen molar-refractivity contribution in [2.24, 2.45) is 5.92 Å². The quantitative estimate of drug-likeness (QED) is 0.735. The van der Waals surface area contributed by atoms with E-state index in [4.69, 9.17) is 4.74 Å². The van der Waals surface area contributed by atoms with Gasteiger partial charge in [0.25, 0.3) is 0 Å². The summed E-state index contributed by atoms with van der Waals surface area (Å²) >= 11 is 3.29. The van der Waals surface area contributed by atoms with E-state index in [1.165, 1.54) is 4.68 Å². The summed E-state index contributed by atoms with van der Waals surface area (Å²) in [6, 6.07) is 9.23. The number of aromatic nitrogens is 2. The first-order valence-corrected chi connectivity index (χ1v) is 8.69. The minimum absolute atomic E-state index is 0.0407. The van der Waals surface area contributed by atoms with E-state index in [1.54, 1.807) is 12.4 Å². The van der Waals surface area contributed by atoms with Crippen LogP contribution in [0.25, 0.3) is 0 Å². The highest BCUT2D eigenvalue weighted by atomic mass is 79.9. The Bertz CT molecular complexity index is 760. The van der Waals surface area contributed by atoms with Crippen molar-refractivity contribution < 1.29 is 19.4 Å². The Morgan fingerprint density at radius 3 is 2.64 bits per heavy atom. The Balaban J connectivity index is 1.71. The second-order valence-corrected chi connectivity index (χ2v) is 7.01. The van der Waals surface area contributed by atoms with E-state index in [-0.39, 0.29) is 19.1 Å². The fraction of sp³-hybridized carbons (Fsp3) is 0.353. The number of halogens is 1. The van der Waals surface area contributed by atoms with Gasteiger partial charge in [0, 0.05) is 6.20 Å². The van der Waals surface area contributed by atoms with Gasteiger partial charge >= 0.3 is 12.1 Å². The fourth-order valence-electron chi connectivity index (χ4n) is 2.76. The molecule has 1 saturated carbocycles. The molecule has 8 heteroatoms. The molecule has 1 aliphatic rings. The maximum atomic E-state index is 12.2. The summed E-state index contributed by atoms with van der Waals surface area (Å²) in [4.78, 5) is 24.2. The molecule has 2 aromatic rings. The Morgan fingerprint density at radius 2 is 2.08 bits per heavy atom. The number of nitrogens with zero attached hydrogens (tertiary/aromatic N) is 2. The van der Waals surface area contributed by atoms with Crippen molar-refractivity contribution in [2.45, 2.75) is 31.5 Å². The van der Waals surface area contributed by atoms with Crippen LogP contribution < -0.4 is 5.32 Å². The fourth-order valence-corrected chi connectivity index (χ4v) is 3.09. The largest absolute Gasteiger partial charge is 0.479 e. The second-order valence-electron chi connectivity index (χ2n) is 6.09. The van der Waals surface area contributed by atoms with Gasteiger partial charge in [0.15, 0.2) is 5.54 Å². The third-order valence-electron chi connectivity index (χ3n) is 4.21. The molecule has 0 bridgehead atoms. The van der Waals surface area contributed by atoms with Crippen LogP contribution in [0, 0.1) is 5.92 Å². The predicted octanol–water partition coefficient (Wildman–Crippen LogP) is 2.81. The predicted molar refractivity (Wildman–Crippen MR) is 92.8 cm³/mol. The van der Waals surface area contributed by atoms with Crippen LogP contribution in [-0.2, 0) is 22.7 Å². The lowest BCUT2D eigenvalue weighted by atomic mass is 9.93. The summed E-state index contributed by atoms with van der Waals surface area (Å²) in [6.07, 6.45) is 4.00. The van der Waals surface area contributed by atoms with E-state index in [1.807, 2.05) is 30.3 Å². The van der Waals surface area contributed by atoms with E-state index in [0.717, 1.165) is 22.9 Å². The number of carbonyl (C=O) groups is 2. The molecule has 1 aliphatic carbocycles. The van der Waals surface area contributed by atoms with Crippen molar-refractivity contribution >= 4 is 28.0 Å². The minimum atomic E-state index is -1.43. The first kappa shape index (κ1) is 17.5. The molecular weight excluding hydrogens is 390 g/mol. The summed E-state index contributed by atoms with van der Waals surface area (Å²) < 4.78 is 7.45. The lowest BCUT2D eigenvalue weighted by Crippen LogP contribution is -2.59. The van der Waals surface area contributed by atoms with Gasteiger partial charge in [-0.2, -0.15) is 5.10 Å². The maximum Gasteiger partial charge on any atom is 0.408 e. The first-order chi connectivity index (χ1) is 12.0. The monoisotopic (exact) mass is 407 g/mol. The molecule has 2 N–H and O–H groups in total. The molecule has 1 fully saturated rings. The van der Waals surface area contributed by atoms with Crippen LogP contribution in [0.15, 0.2) is 47.2 Å². The second kappa shape index (κ2) is 7.26. The molecule has 0 radical (unpaired) electrons. The molecule has 132 valence electrons. The molecule has 1 unspecified atom stereocenters. The van der Waals surface area contributed by atoms with Crippen LogP contribution in [0.5, 0.6) is 0 Å². The van der Waals surface area contributed by atoms with Gasteiger partial charge in [-0.1, -0.05) is 30.3 Å². The number of carboxylic acid groups (broad SMARTS) is 1. The highest BCUT2D eigenvalue weighted by Crippen LogP contribution is 2.41. The van der Waals surface area contributed by atoms with Crippen molar-refractivity contribution in [1.82, 2.24) is 15.1 Å². The van der Waals surface area contributed by atoms with Crippen LogP contribution in [0.1, 0.15) is 18.4 Å². The van der Waals surface area contributed by atoms with Gasteiger partial charge in [-0.05, 0) is 40.3 Å². The zero-order valence-electron chi connectivity index (χ0n) is 13.4. The molecule has 0 saturated heterocycles.